The Labute approximate surface area is 135 Å². The summed E-state index contributed by atoms with van der Waals surface area (Å²) in [5, 5.41) is 15.8. The van der Waals surface area contributed by atoms with Crippen molar-refractivity contribution in [1.82, 2.24) is 25.3 Å². The summed E-state index contributed by atoms with van der Waals surface area (Å²) in [7, 11) is 0. The van der Waals surface area contributed by atoms with E-state index in [9.17, 15) is 0 Å². The highest BCUT2D eigenvalue weighted by Crippen LogP contribution is 2.18. The molecule has 0 radical (unpaired) electrons. The Morgan fingerprint density at radius 2 is 1.91 bits per heavy atom. The van der Waals surface area contributed by atoms with E-state index >= 15 is 0 Å². The SMILES string of the molecule is Cc1nnc([C@@H](C)N[C@H](C)c2cnn(Cc3ccccc3)c2)o1. The van der Waals surface area contributed by atoms with Gasteiger partial charge in [-0.05, 0) is 19.4 Å². The predicted molar refractivity (Wildman–Crippen MR) is 86.8 cm³/mol. The smallest absolute Gasteiger partial charge is 0.233 e. The molecule has 3 rings (SSSR count). The number of aromatic nitrogens is 4. The maximum atomic E-state index is 5.46. The lowest BCUT2D eigenvalue weighted by atomic mass is 10.1. The quantitative estimate of drug-likeness (QED) is 0.758. The maximum Gasteiger partial charge on any atom is 0.233 e. The van der Waals surface area contributed by atoms with Crippen LogP contribution >= 0.6 is 0 Å². The van der Waals surface area contributed by atoms with E-state index < -0.39 is 0 Å². The van der Waals surface area contributed by atoms with E-state index in [1.165, 1.54) is 5.56 Å². The molecule has 0 spiro atoms. The molecule has 0 aliphatic heterocycles. The molecule has 120 valence electrons. The van der Waals surface area contributed by atoms with Gasteiger partial charge in [-0.25, -0.2) is 0 Å². The van der Waals surface area contributed by atoms with Crippen molar-refractivity contribution in [3.05, 3.63) is 65.6 Å². The van der Waals surface area contributed by atoms with Crippen LogP contribution in [0.1, 0.15) is 48.8 Å². The van der Waals surface area contributed by atoms with E-state index in [1.54, 1.807) is 6.92 Å². The van der Waals surface area contributed by atoms with Crippen LogP contribution in [0.5, 0.6) is 0 Å². The second-order valence-corrected chi connectivity index (χ2v) is 5.73. The molecule has 1 N–H and O–H groups in total. The van der Waals surface area contributed by atoms with Crippen LogP contribution in [0.4, 0.5) is 0 Å². The van der Waals surface area contributed by atoms with Gasteiger partial charge in [-0.3, -0.25) is 10.00 Å². The Bertz CT molecular complexity index is 749. The molecule has 6 heteroatoms. The Morgan fingerprint density at radius 3 is 2.61 bits per heavy atom. The molecule has 0 saturated carbocycles. The first-order valence-electron chi connectivity index (χ1n) is 7.74. The molecule has 0 bridgehead atoms. The first-order chi connectivity index (χ1) is 11.1. The van der Waals surface area contributed by atoms with E-state index in [2.05, 4.69) is 45.9 Å². The lowest BCUT2D eigenvalue weighted by Crippen LogP contribution is -2.22. The van der Waals surface area contributed by atoms with Crippen LogP contribution < -0.4 is 5.32 Å². The lowest BCUT2D eigenvalue weighted by Gasteiger charge is -2.16. The minimum atomic E-state index is -0.0105. The fourth-order valence-corrected chi connectivity index (χ4v) is 2.49. The summed E-state index contributed by atoms with van der Waals surface area (Å²) < 4.78 is 7.41. The van der Waals surface area contributed by atoms with Crippen molar-refractivity contribution in [2.75, 3.05) is 0 Å². The van der Waals surface area contributed by atoms with E-state index in [1.807, 2.05) is 36.0 Å². The molecule has 23 heavy (non-hydrogen) atoms. The first kappa shape index (κ1) is 15.4. The van der Waals surface area contributed by atoms with Gasteiger partial charge in [-0.15, -0.1) is 10.2 Å². The average molecular weight is 311 g/mol. The van der Waals surface area contributed by atoms with Crippen LogP contribution in [0, 0.1) is 6.92 Å². The van der Waals surface area contributed by atoms with Crippen molar-refractivity contribution in [3.8, 4) is 0 Å². The van der Waals surface area contributed by atoms with Crippen molar-refractivity contribution in [3.63, 3.8) is 0 Å². The fraction of sp³-hybridized carbons (Fsp3) is 0.353. The van der Waals surface area contributed by atoms with E-state index in [-0.39, 0.29) is 12.1 Å². The van der Waals surface area contributed by atoms with Gasteiger partial charge in [-0.2, -0.15) is 5.10 Å². The largest absolute Gasteiger partial charge is 0.424 e. The van der Waals surface area contributed by atoms with E-state index in [4.69, 9.17) is 4.42 Å². The molecule has 0 aliphatic rings. The van der Waals surface area contributed by atoms with Crippen LogP contribution in [0.3, 0.4) is 0 Å². The average Bonchev–Trinajstić information content (AvgIpc) is 3.17. The highest BCUT2D eigenvalue weighted by atomic mass is 16.4. The molecular formula is C17H21N5O. The van der Waals surface area contributed by atoms with Gasteiger partial charge in [0.1, 0.15) is 0 Å². The number of hydrogen-bond acceptors (Lipinski definition) is 5. The van der Waals surface area contributed by atoms with Gasteiger partial charge in [0, 0.05) is 24.7 Å². The monoisotopic (exact) mass is 311 g/mol. The Kier molecular flexibility index (Phi) is 4.52. The number of rotatable bonds is 6. The predicted octanol–water partition coefficient (Wildman–Crippen LogP) is 3.03. The third-order valence-corrected chi connectivity index (χ3v) is 3.75. The van der Waals surface area contributed by atoms with Gasteiger partial charge < -0.3 is 4.42 Å². The Balaban J connectivity index is 1.63. The second kappa shape index (κ2) is 6.75. The third kappa shape index (κ3) is 3.84. The number of aryl methyl sites for hydroxylation is 1. The molecule has 2 atom stereocenters. The van der Waals surface area contributed by atoms with E-state index in [0.29, 0.717) is 11.8 Å². The van der Waals surface area contributed by atoms with Gasteiger partial charge in [0.15, 0.2) is 0 Å². The molecule has 0 aliphatic carbocycles. The van der Waals surface area contributed by atoms with Gasteiger partial charge in [0.25, 0.3) is 0 Å². The molecule has 1 aromatic carbocycles. The molecule has 2 heterocycles. The Hall–Kier alpha value is -2.47. The summed E-state index contributed by atoms with van der Waals surface area (Å²) in [6.07, 6.45) is 3.96. The third-order valence-electron chi connectivity index (χ3n) is 3.75. The minimum absolute atomic E-state index is 0.0105. The normalized spacial score (nSPS) is 13.9. The molecule has 0 saturated heterocycles. The molecule has 0 fully saturated rings. The number of benzene rings is 1. The summed E-state index contributed by atoms with van der Waals surface area (Å²) in [6.45, 7) is 6.67. The van der Waals surface area contributed by atoms with Crippen LogP contribution in [-0.4, -0.2) is 20.0 Å². The van der Waals surface area contributed by atoms with Crippen molar-refractivity contribution in [2.45, 2.75) is 39.4 Å². The molecule has 0 amide bonds. The van der Waals surface area contributed by atoms with Crippen molar-refractivity contribution in [1.29, 1.82) is 0 Å². The van der Waals surface area contributed by atoms with Gasteiger partial charge in [0.2, 0.25) is 11.8 Å². The zero-order valence-corrected chi connectivity index (χ0v) is 13.6. The molecular weight excluding hydrogens is 290 g/mol. The van der Waals surface area contributed by atoms with Crippen molar-refractivity contribution < 1.29 is 4.42 Å². The molecule has 0 unspecified atom stereocenters. The van der Waals surface area contributed by atoms with Crippen molar-refractivity contribution in [2.24, 2.45) is 0 Å². The first-order valence-corrected chi connectivity index (χ1v) is 7.74. The summed E-state index contributed by atoms with van der Waals surface area (Å²) >= 11 is 0. The minimum Gasteiger partial charge on any atom is -0.424 e. The standard InChI is InChI=1S/C17H21N5O/c1-12(19-13(2)17-21-20-14(3)23-17)16-9-18-22(11-16)10-15-7-5-4-6-8-15/h4-9,11-13,19H,10H2,1-3H3/t12-,13-/m1/s1. The lowest BCUT2D eigenvalue weighted by molar-refractivity contribution is 0.380. The van der Waals surface area contributed by atoms with Crippen LogP contribution in [0.2, 0.25) is 0 Å². The number of hydrogen-bond donors (Lipinski definition) is 1. The highest BCUT2D eigenvalue weighted by molar-refractivity contribution is 5.16. The highest BCUT2D eigenvalue weighted by Gasteiger charge is 2.17. The van der Waals surface area contributed by atoms with Gasteiger partial charge >= 0.3 is 0 Å². The van der Waals surface area contributed by atoms with Gasteiger partial charge in [-0.1, -0.05) is 30.3 Å². The second-order valence-electron chi connectivity index (χ2n) is 5.73. The fourth-order valence-electron chi connectivity index (χ4n) is 2.49. The van der Waals surface area contributed by atoms with Gasteiger partial charge in [0.05, 0.1) is 18.8 Å². The van der Waals surface area contributed by atoms with E-state index in [0.717, 1.165) is 12.1 Å². The maximum absolute atomic E-state index is 5.46. The number of nitrogens with zero attached hydrogens (tertiary/aromatic N) is 4. The number of nitrogens with one attached hydrogen (secondary N) is 1. The Morgan fingerprint density at radius 1 is 1.13 bits per heavy atom. The summed E-state index contributed by atoms with van der Waals surface area (Å²) in [5.41, 5.74) is 2.36. The summed E-state index contributed by atoms with van der Waals surface area (Å²) in [6, 6.07) is 10.4. The summed E-state index contributed by atoms with van der Waals surface area (Å²) in [5.74, 6) is 1.18. The summed E-state index contributed by atoms with van der Waals surface area (Å²) in [4.78, 5) is 0. The zero-order chi connectivity index (χ0) is 16.2. The van der Waals surface area contributed by atoms with Crippen LogP contribution in [0.15, 0.2) is 47.1 Å². The zero-order valence-electron chi connectivity index (χ0n) is 13.6. The van der Waals surface area contributed by atoms with Crippen LogP contribution in [-0.2, 0) is 6.54 Å². The van der Waals surface area contributed by atoms with Crippen molar-refractivity contribution >= 4 is 0 Å². The topological polar surface area (TPSA) is 68.8 Å². The molecule has 6 nitrogen and oxygen atoms in total. The van der Waals surface area contributed by atoms with Crippen LogP contribution in [0.25, 0.3) is 0 Å². The molecule has 3 aromatic rings. The molecule has 2 aromatic heterocycles.